The van der Waals surface area contributed by atoms with Crippen molar-refractivity contribution < 1.29 is 14.6 Å². The number of carbonyl (C=O) groups excluding carboxylic acids is 1. The fourth-order valence-corrected chi connectivity index (χ4v) is 5.17. The predicted octanol–water partition coefficient (Wildman–Crippen LogP) is 1.02. The number of aryl methyl sites for hydroxylation is 1. The van der Waals surface area contributed by atoms with Gasteiger partial charge in [-0.3, -0.25) is 0 Å². The average Bonchev–Trinajstić information content (AvgIpc) is 3.48. The van der Waals surface area contributed by atoms with Gasteiger partial charge in [-0.2, -0.15) is 4.68 Å². The molecular weight excluding hydrogens is 410 g/mol. The highest BCUT2D eigenvalue weighted by molar-refractivity contribution is 5.85. The number of esters is 1. The van der Waals surface area contributed by atoms with Gasteiger partial charge in [0.25, 0.3) is 0 Å². The summed E-state index contributed by atoms with van der Waals surface area (Å²) < 4.78 is 6.57. The highest BCUT2D eigenvalue weighted by Gasteiger charge is 2.38. The van der Waals surface area contributed by atoms with E-state index in [0.29, 0.717) is 24.4 Å². The summed E-state index contributed by atoms with van der Waals surface area (Å²) in [5.41, 5.74) is 3.04. The molecule has 2 aromatic heterocycles. The number of pyridine rings is 1. The van der Waals surface area contributed by atoms with Crippen molar-refractivity contribution in [2.45, 2.75) is 38.7 Å². The van der Waals surface area contributed by atoms with E-state index in [9.17, 15) is 9.90 Å². The van der Waals surface area contributed by atoms with E-state index in [1.165, 1.54) is 11.0 Å². The fraction of sp³-hybridized carbons (Fsp3) is 0.591. The molecule has 1 spiro atoms. The Morgan fingerprint density at radius 3 is 2.53 bits per heavy atom. The summed E-state index contributed by atoms with van der Waals surface area (Å²) in [6, 6.07) is 3.75. The maximum Gasteiger partial charge on any atom is 0.333 e. The van der Waals surface area contributed by atoms with E-state index in [2.05, 4.69) is 30.3 Å². The largest absolute Gasteiger partial charge is 0.456 e. The molecule has 1 atom stereocenters. The van der Waals surface area contributed by atoms with E-state index in [0.717, 1.165) is 68.8 Å². The lowest BCUT2D eigenvalue weighted by Gasteiger charge is -2.47. The molecular formula is C22H29N7O3. The minimum absolute atomic E-state index is 0.220. The van der Waals surface area contributed by atoms with Gasteiger partial charge in [0.2, 0.25) is 0 Å². The van der Waals surface area contributed by atoms with Crippen LogP contribution in [0.15, 0.2) is 30.2 Å². The van der Waals surface area contributed by atoms with Crippen LogP contribution < -0.4 is 0 Å². The van der Waals surface area contributed by atoms with Crippen LogP contribution in [0.4, 0.5) is 0 Å². The number of aliphatic hydroxyl groups is 1. The number of nitrogens with zero attached hydrogens (tertiary/aromatic N) is 7. The lowest BCUT2D eigenvalue weighted by Crippen LogP contribution is -2.47. The average molecular weight is 440 g/mol. The number of tetrazole rings is 1. The van der Waals surface area contributed by atoms with Gasteiger partial charge in [0.15, 0.2) is 5.82 Å². The SMILES string of the molecule is Cc1nc(-n2cnnn2)ccc1[C@H](O)CN1CCC2(CC1)CCN(C1=CC(=O)OC1)CC2. The van der Waals surface area contributed by atoms with Crippen molar-refractivity contribution >= 4 is 5.97 Å². The number of carbonyl (C=O) groups is 1. The highest BCUT2D eigenvalue weighted by atomic mass is 16.5. The number of aromatic nitrogens is 5. The molecule has 5 rings (SSSR count). The van der Waals surface area contributed by atoms with Crippen LogP contribution in [0.2, 0.25) is 0 Å². The molecule has 5 heterocycles. The van der Waals surface area contributed by atoms with E-state index < -0.39 is 6.10 Å². The molecule has 0 radical (unpaired) electrons. The number of aliphatic hydroxyl groups excluding tert-OH is 1. The van der Waals surface area contributed by atoms with Crippen LogP contribution in [0.1, 0.15) is 43.0 Å². The molecule has 0 aromatic carbocycles. The van der Waals surface area contributed by atoms with Crippen LogP contribution in [0.5, 0.6) is 0 Å². The van der Waals surface area contributed by atoms with Gasteiger partial charge in [-0.1, -0.05) is 6.07 Å². The number of hydrogen-bond acceptors (Lipinski definition) is 9. The lowest BCUT2D eigenvalue weighted by molar-refractivity contribution is -0.135. The van der Waals surface area contributed by atoms with Crippen molar-refractivity contribution in [3.63, 3.8) is 0 Å². The van der Waals surface area contributed by atoms with Crippen molar-refractivity contribution in [1.29, 1.82) is 0 Å². The number of cyclic esters (lactones) is 1. The second-order valence-corrected chi connectivity index (χ2v) is 9.15. The van der Waals surface area contributed by atoms with Crippen molar-refractivity contribution in [3.05, 3.63) is 41.5 Å². The fourth-order valence-electron chi connectivity index (χ4n) is 5.17. The third-order valence-electron chi connectivity index (χ3n) is 7.28. The Labute approximate surface area is 186 Å². The van der Waals surface area contributed by atoms with Gasteiger partial charge in [-0.05, 0) is 67.6 Å². The summed E-state index contributed by atoms with van der Waals surface area (Å²) in [6.07, 6.45) is 7.16. The quantitative estimate of drug-likeness (QED) is 0.683. The maximum atomic E-state index is 11.3. The summed E-state index contributed by atoms with van der Waals surface area (Å²) in [4.78, 5) is 20.6. The first kappa shape index (κ1) is 21.0. The number of rotatable bonds is 5. The smallest absolute Gasteiger partial charge is 0.333 e. The molecule has 0 aliphatic carbocycles. The first-order valence-electron chi connectivity index (χ1n) is 11.2. The van der Waals surface area contributed by atoms with Crippen molar-refractivity contribution in [2.24, 2.45) is 5.41 Å². The molecule has 2 saturated heterocycles. The van der Waals surface area contributed by atoms with Crippen molar-refractivity contribution in [2.75, 3.05) is 39.3 Å². The summed E-state index contributed by atoms with van der Waals surface area (Å²) in [5.74, 6) is 0.418. The lowest BCUT2D eigenvalue weighted by atomic mass is 9.71. The van der Waals surface area contributed by atoms with Crippen molar-refractivity contribution in [3.8, 4) is 5.82 Å². The molecule has 1 N–H and O–H groups in total. The minimum Gasteiger partial charge on any atom is -0.456 e. The van der Waals surface area contributed by atoms with E-state index in [1.807, 2.05) is 19.1 Å². The number of β-amino-alcohol motifs (C(OH)–C–C–N with tert-alkyl or cyclic N) is 1. The van der Waals surface area contributed by atoms with Crippen LogP contribution in [0.3, 0.4) is 0 Å². The van der Waals surface area contributed by atoms with Gasteiger partial charge in [0.05, 0.1) is 11.8 Å². The normalized spacial score (nSPS) is 22.1. The molecule has 0 unspecified atom stereocenters. The monoisotopic (exact) mass is 439 g/mol. The first-order valence-corrected chi connectivity index (χ1v) is 11.2. The zero-order chi connectivity index (χ0) is 22.1. The van der Waals surface area contributed by atoms with Crippen LogP contribution in [0.25, 0.3) is 5.82 Å². The summed E-state index contributed by atoms with van der Waals surface area (Å²) in [5, 5.41) is 22.0. The molecule has 0 saturated carbocycles. The number of hydrogen-bond donors (Lipinski definition) is 1. The molecule has 2 aromatic rings. The Morgan fingerprint density at radius 2 is 1.91 bits per heavy atom. The molecule has 170 valence electrons. The Kier molecular flexibility index (Phi) is 5.64. The molecule has 2 fully saturated rings. The van der Waals surface area contributed by atoms with Gasteiger partial charge in [-0.25, -0.2) is 9.78 Å². The second-order valence-electron chi connectivity index (χ2n) is 9.15. The van der Waals surface area contributed by atoms with E-state index in [4.69, 9.17) is 4.74 Å². The molecule has 10 nitrogen and oxygen atoms in total. The molecule has 0 amide bonds. The predicted molar refractivity (Wildman–Crippen MR) is 115 cm³/mol. The summed E-state index contributed by atoms with van der Waals surface area (Å²) >= 11 is 0. The Bertz CT molecular complexity index is 989. The molecule has 3 aliphatic heterocycles. The Morgan fingerprint density at radius 1 is 1.16 bits per heavy atom. The topological polar surface area (TPSA) is 109 Å². The zero-order valence-corrected chi connectivity index (χ0v) is 18.4. The molecule has 0 bridgehead atoms. The van der Waals surface area contributed by atoms with E-state index in [-0.39, 0.29) is 5.97 Å². The second kappa shape index (κ2) is 8.59. The Hall–Kier alpha value is -2.85. The third-order valence-corrected chi connectivity index (χ3v) is 7.28. The van der Waals surface area contributed by atoms with Gasteiger partial charge < -0.3 is 19.6 Å². The number of ether oxygens (including phenoxy) is 1. The molecule has 3 aliphatic rings. The summed E-state index contributed by atoms with van der Waals surface area (Å²) in [7, 11) is 0. The van der Waals surface area contributed by atoms with Crippen LogP contribution in [0, 0.1) is 12.3 Å². The zero-order valence-electron chi connectivity index (χ0n) is 18.4. The van der Waals surface area contributed by atoms with E-state index >= 15 is 0 Å². The summed E-state index contributed by atoms with van der Waals surface area (Å²) in [6.45, 7) is 6.91. The maximum absolute atomic E-state index is 11.3. The third kappa shape index (κ3) is 4.24. The molecule has 10 heteroatoms. The van der Waals surface area contributed by atoms with Crippen molar-refractivity contribution in [1.82, 2.24) is 35.0 Å². The standard InChI is InChI=1S/C22H29N7O3/c1-16-18(2-3-20(24-16)29-15-23-25-26-29)19(30)13-27-8-4-22(5-9-27)6-10-28(11-7-22)17-12-21(31)32-14-17/h2-3,12,15,19,30H,4-11,13-14H2,1H3/t19-/m1/s1. The van der Waals surface area contributed by atoms with Gasteiger partial charge in [-0.15, -0.1) is 5.10 Å². The van der Waals surface area contributed by atoms with E-state index in [1.54, 1.807) is 6.08 Å². The molecule has 32 heavy (non-hydrogen) atoms. The van der Waals surface area contributed by atoms with Gasteiger partial charge in [0, 0.05) is 37.0 Å². The van der Waals surface area contributed by atoms with Crippen LogP contribution in [-0.2, 0) is 9.53 Å². The van der Waals surface area contributed by atoms with Gasteiger partial charge in [0.1, 0.15) is 12.9 Å². The number of piperidine rings is 2. The van der Waals surface area contributed by atoms with Gasteiger partial charge >= 0.3 is 5.97 Å². The highest BCUT2D eigenvalue weighted by Crippen LogP contribution is 2.42. The first-order chi connectivity index (χ1) is 15.5. The van der Waals surface area contributed by atoms with Crippen LogP contribution >= 0.6 is 0 Å². The Balaban J connectivity index is 1.14. The minimum atomic E-state index is -0.576. The van der Waals surface area contributed by atoms with Crippen LogP contribution in [-0.4, -0.2) is 85.4 Å². The number of likely N-dealkylation sites (tertiary alicyclic amines) is 2.